The molecule has 1 amide bonds. The molecule has 0 unspecified atom stereocenters. The lowest BCUT2D eigenvalue weighted by atomic mass is 10.2. The van der Waals surface area contributed by atoms with Gasteiger partial charge in [-0.3, -0.25) is 14.9 Å². The van der Waals surface area contributed by atoms with Crippen molar-refractivity contribution in [3.63, 3.8) is 0 Å². The number of hydrogen-bond acceptors (Lipinski definition) is 4. The lowest BCUT2D eigenvalue weighted by molar-refractivity contribution is -0.384. The van der Waals surface area contributed by atoms with E-state index in [9.17, 15) is 14.9 Å². The fraction of sp³-hybridized carbons (Fsp3) is 0. The second kappa shape index (κ2) is 4.71. The molecule has 0 bridgehead atoms. The van der Waals surface area contributed by atoms with Gasteiger partial charge in [0.2, 0.25) is 0 Å². The van der Waals surface area contributed by atoms with Gasteiger partial charge in [-0.15, -0.1) is 0 Å². The molecule has 7 nitrogen and oxygen atoms in total. The Morgan fingerprint density at radius 3 is 2.71 bits per heavy atom. The standard InChI is InChI=1S/C14H10N4O3/c15-13(19)10-5-2-6-11-12(10)17-14(16-11)8-3-1-4-9(7-8)18(20)21/h1-7H,(H2,15,19)(H,16,17). The van der Waals surface area contributed by atoms with Crippen molar-refractivity contribution in [1.29, 1.82) is 0 Å². The molecule has 2 aromatic carbocycles. The van der Waals surface area contributed by atoms with Crippen LogP contribution in [-0.2, 0) is 0 Å². The zero-order chi connectivity index (χ0) is 15.0. The van der Waals surface area contributed by atoms with E-state index in [4.69, 9.17) is 5.73 Å². The molecule has 3 rings (SSSR count). The molecule has 3 aromatic rings. The topological polar surface area (TPSA) is 115 Å². The monoisotopic (exact) mass is 282 g/mol. The van der Waals surface area contributed by atoms with Gasteiger partial charge < -0.3 is 10.7 Å². The number of carbonyl (C=O) groups excluding carboxylic acids is 1. The van der Waals surface area contributed by atoms with Crippen LogP contribution in [0.2, 0.25) is 0 Å². The van der Waals surface area contributed by atoms with Crippen molar-refractivity contribution in [2.24, 2.45) is 5.73 Å². The first-order valence-corrected chi connectivity index (χ1v) is 6.09. The molecule has 0 saturated heterocycles. The molecule has 0 aliphatic heterocycles. The fourth-order valence-corrected chi connectivity index (χ4v) is 2.13. The maximum Gasteiger partial charge on any atom is 0.270 e. The molecule has 1 heterocycles. The molecule has 0 fully saturated rings. The lowest BCUT2D eigenvalue weighted by Gasteiger charge is -1.96. The van der Waals surface area contributed by atoms with Gasteiger partial charge in [0.05, 0.1) is 16.0 Å². The Hall–Kier alpha value is -3.22. The van der Waals surface area contributed by atoms with Gasteiger partial charge in [-0.2, -0.15) is 0 Å². The predicted octanol–water partition coefficient (Wildman–Crippen LogP) is 2.24. The van der Waals surface area contributed by atoms with E-state index in [1.54, 1.807) is 30.3 Å². The van der Waals surface area contributed by atoms with Crippen LogP contribution in [0, 0.1) is 10.1 Å². The number of nitro groups is 1. The number of non-ortho nitro benzene ring substituents is 1. The number of aromatic amines is 1. The summed E-state index contributed by atoms with van der Waals surface area (Å²) >= 11 is 0. The van der Waals surface area contributed by atoms with Gasteiger partial charge in [0.25, 0.3) is 11.6 Å². The minimum atomic E-state index is -0.572. The number of imidazole rings is 1. The van der Waals surface area contributed by atoms with E-state index >= 15 is 0 Å². The highest BCUT2D eigenvalue weighted by Gasteiger charge is 2.13. The van der Waals surface area contributed by atoms with Crippen LogP contribution in [0.25, 0.3) is 22.4 Å². The molecular weight excluding hydrogens is 272 g/mol. The Kier molecular flexibility index (Phi) is 2.87. The summed E-state index contributed by atoms with van der Waals surface area (Å²) in [6, 6.07) is 11.1. The summed E-state index contributed by atoms with van der Waals surface area (Å²) in [5, 5.41) is 10.8. The van der Waals surface area contributed by atoms with Crippen molar-refractivity contribution in [3.05, 3.63) is 58.1 Å². The zero-order valence-electron chi connectivity index (χ0n) is 10.7. The normalized spacial score (nSPS) is 10.7. The number of nitrogens with one attached hydrogen (secondary N) is 1. The SMILES string of the molecule is NC(=O)c1cccc2[nH]c(-c3cccc([N+](=O)[O-])c3)nc12. The molecule has 0 atom stereocenters. The fourth-order valence-electron chi connectivity index (χ4n) is 2.13. The molecule has 104 valence electrons. The van der Waals surface area contributed by atoms with Gasteiger partial charge in [0.15, 0.2) is 0 Å². The van der Waals surface area contributed by atoms with Crippen molar-refractivity contribution < 1.29 is 9.72 Å². The van der Waals surface area contributed by atoms with Crippen LogP contribution in [0.3, 0.4) is 0 Å². The van der Waals surface area contributed by atoms with Crippen molar-refractivity contribution in [2.75, 3.05) is 0 Å². The highest BCUT2D eigenvalue weighted by molar-refractivity contribution is 6.04. The van der Waals surface area contributed by atoms with Crippen LogP contribution in [0.1, 0.15) is 10.4 Å². The minimum absolute atomic E-state index is 0.0249. The smallest absolute Gasteiger partial charge is 0.270 e. The summed E-state index contributed by atoms with van der Waals surface area (Å²) in [6.07, 6.45) is 0. The van der Waals surface area contributed by atoms with Crippen LogP contribution >= 0.6 is 0 Å². The van der Waals surface area contributed by atoms with Gasteiger partial charge in [-0.25, -0.2) is 4.98 Å². The second-order valence-corrected chi connectivity index (χ2v) is 4.46. The van der Waals surface area contributed by atoms with Gasteiger partial charge in [-0.05, 0) is 12.1 Å². The average molecular weight is 282 g/mol. The number of hydrogen-bond donors (Lipinski definition) is 2. The number of aromatic nitrogens is 2. The molecule has 0 radical (unpaired) electrons. The molecule has 3 N–H and O–H groups in total. The van der Waals surface area contributed by atoms with Gasteiger partial charge >= 0.3 is 0 Å². The van der Waals surface area contributed by atoms with Crippen molar-refractivity contribution >= 4 is 22.6 Å². The third-order valence-corrected chi connectivity index (χ3v) is 3.11. The average Bonchev–Trinajstić information content (AvgIpc) is 2.91. The number of nitro benzene ring substituents is 1. The number of amides is 1. The maximum absolute atomic E-state index is 11.4. The minimum Gasteiger partial charge on any atom is -0.366 e. The van der Waals surface area contributed by atoms with Crippen molar-refractivity contribution in [1.82, 2.24) is 9.97 Å². The number of rotatable bonds is 3. The Labute approximate surface area is 118 Å². The second-order valence-electron chi connectivity index (χ2n) is 4.46. The Morgan fingerprint density at radius 2 is 2.00 bits per heavy atom. The molecule has 7 heteroatoms. The van der Waals surface area contributed by atoms with E-state index in [1.807, 2.05) is 0 Å². The Morgan fingerprint density at radius 1 is 1.24 bits per heavy atom. The largest absolute Gasteiger partial charge is 0.366 e. The Bertz CT molecular complexity index is 870. The van der Waals surface area contributed by atoms with E-state index in [0.717, 1.165) is 0 Å². The molecular formula is C14H10N4O3. The number of primary amides is 1. The zero-order valence-corrected chi connectivity index (χ0v) is 10.7. The number of benzene rings is 2. The maximum atomic E-state index is 11.4. The van der Waals surface area contributed by atoms with Crippen LogP contribution in [-0.4, -0.2) is 20.8 Å². The summed E-state index contributed by atoms with van der Waals surface area (Å²) in [6.45, 7) is 0. The molecule has 0 spiro atoms. The van der Waals surface area contributed by atoms with Gasteiger partial charge in [0, 0.05) is 17.7 Å². The van der Waals surface area contributed by atoms with Crippen molar-refractivity contribution in [3.8, 4) is 11.4 Å². The van der Waals surface area contributed by atoms with Crippen LogP contribution in [0.15, 0.2) is 42.5 Å². The number of carbonyl (C=O) groups is 1. The quantitative estimate of drug-likeness (QED) is 0.566. The van der Waals surface area contributed by atoms with E-state index in [0.29, 0.717) is 28.0 Å². The molecule has 1 aromatic heterocycles. The number of para-hydroxylation sites is 1. The first-order valence-electron chi connectivity index (χ1n) is 6.09. The third-order valence-electron chi connectivity index (χ3n) is 3.11. The van der Waals surface area contributed by atoms with E-state index in [2.05, 4.69) is 9.97 Å². The Balaban J connectivity index is 2.18. The summed E-state index contributed by atoms with van der Waals surface area (Å²) in [7, 11) is 0. The van der Waals surface area contributed by atoms with Crippen LogP contribution in [0.5, 0.6) is 0 Å². The van der Waals surface area contributed by atoms with Gasteiger partial charge in [-0.1, -0.05) is 18.2 Å². The first kappa shape index (κ1) is 12.8. The first-order chi connectivity index (χ1) is 10.1. The third kappa shape index (κ3) is 2.20. The summed E-state index contributed by atoms with van der Waals surface area (Å²) < 4.78 is 0. The number of nitrogens with zero attached hydrogens (tertiary/aromatic N) is 2. The summed E-state index contributed by atoms with van der Waals surface area (Å²) in [4.78, 5) is 29.1. The lowest BCUT2D eigenvalue weighted by Crippen LogP contribution is -2.11. The highest BCUT2D eigenvalue weighted by atomic mass is 16.6. The molecule has 0 aliphatic carbocycles. The van der Waals surface area contributed by atoms with E-state index in [-0.39, 0.29) is 5.69 Å². The van der Waals surface area contributed by atoms with Crippen LogP contribution < -0.4 is 5.73 Å². The predicted molar refractivity (Wildman–Crippen MR) is 76.7 cm³/mol. The number of H-pyrrole nitrogens is 1. The van der Waals surface area contributed by atoms with Gasteiger partial charge in [0.1, 0.15) is 11.3 Å². The van der Waals surface area contributed by atoms with Crippen LogP contribution in [0.4, 0.5) is 5.69 Å². The molecule has 0 saturated carbocycles. The summed E-state index contributed by atoms with van der Waals surface area (Å²) in [5.74, 6) is -0.125. The summed E-state index contributed by atoms with van der Waals surface area (Å²) in [5.41, 5.74) is 7.25. The van der Waals surface area contributed by atoms with E-state index in [1.165, 1.54) is 12.1 Å². The van der Waals surface area contributed by atoms with Crippen molar-refractivity contribution in [2.45, 2.75) is 0 Å². The number of nitrogens with two attached hydrogens (primary N) is 1. The highest BCUT2D eigenvalue weighted by Crippen LogP contribution is 2.25. The molecule has 21 heavy (non-hydrogen) atoms. The molecule has 0 aliphatic rings. The van der Waals surface area contributed by atoms with E-state index < -0.39 is 10.8 Å². The number of fused-ring (bicyclic) bond motifs is 1.